The Kier molecular flexibility index (Phi) is 7.51. The van der Waals surface area contributed by atoms with E-state index >= 15 is 0 Å². The maximum atomic E-state index is 12.5. The van der Waals surface area contributed by atoms with Gasteiger partial charge in [-0.2, -0.15) is 0 Å². The minimum atomic E-state index is -0.121. The summed E-state index contributed by atoms with van der Waals surface area (Å²) in [5, 5.41) is 5.99. The Morgan fingerprint density at radius 1 is 1.00 bits per heavy atom. The quantitative estimate of drug-likeness (QED) is 0.755. The molecule has 27 heavy (non-hydrogen) atoms. The van der Waals surface area contributed by atoms with Crippen LogP contribution in [0, 0.1) is 5.92 Å². The molecule has 2 aliphatic rings. The number of carbonyl (C=O) groups excluding carboxylic acids is 2. The fourth-order valence-corrected chi connectivity index (χ4v) is 3.94. The van der Waals surface area contributed by atoms with Gasteiger partial charge in [-0.25, -0.2) is 4.79 Å². The third-order valence-electron chi connectivity index (χ3n) is 5.50. The molecule has 3 amide bonds. The standard InChI is InChI=1S/C21H32N4O2/c26-20(22-12-8-15-24-13-5-2-6-14-24)18-9-7-16-25(17-18)21(27)23-19-10-3-1-4-11-19/h1,3-4,10-11,18H,2,5-9,12-17H2,(H,22,26)(H,23,27). The van der Waals surface area contributed by atoms with Crippen molar-refractivity contribution in [1.82, 2.24) is 15.1 Å². The predicted octanol–water partition coefficient (Wildman–Crippen LogP) is 2.92. The number of nitrogens with zero attached hydrogens (tertiary/aromatic N) is 2. The highest BCUT2D eigenvalue weighted by molar-refractivity contribution is 5.90. The summed E-state index contributed by atoms with van der Waals surface area (Å²) in [7, 11) is 0. The predicted molar refractivity (Wildman–Crippen MR) is 108 cm³/mol. The highest BCUT2D eigenvalue weighted by atomic mass is 16.2. The summed E-state index contributed by atoms with van der Waals surface area (Å²) in [4.78, 5) is 29.2. The Hall–Kier alpha value is -2.08. The molecule has 6 heteroatoms. The number of amides is 3. The van der Waals surface area contributed by atoms with Crippen LogP contribution in [0.5, 0.6) is 0 Å². The zero-order chi connectivity index (χ0) is 18.9. The van der Waals surface area contributed by atoms with E-state index in [2.05, 4.69) is 15.5 Å². The van der Waals surface area contributed by atoms with Crippen molar-refractivity contribution in [3.05, 3.63) is 30.3 Å². The molecule has 2 fully saturated rings. The Bertz CT molecular complexity index is 601. The zero-order valence-corrected chi connectivity index (χ0v) is 16.2. The lowest BCUT2D eigenvalue weighted by atomic mass is 9.97. The lowest BCUT2D eigenvalue weighted by Gasteiger charge is -2.32. The second kappa shape index (κ2) is 10.3. The number of urea groups is 1. The molecule has 1 aromatic carbocycles. The largest absolute Gasteiger partial charge is 0.356 e. The second-order valence-electron chi connectivity index (χ2n) is 7.63. The molecule has 1 atom stereocenters. The minimum Gasteiger partial charge on any atom is -0.356 e. The highest BCUT2D eigenvalue weighted by Gasteiger charge is 2.28. The molecule has 2 aliphatic heterocycles. The molecule has 0 aromatic heterocycles. The van der Waals surface area contributed by atoms with Crippen LogP contribution >= 0.6 is 0 Å². The fourth-order valence-electron chi connectivity index (χ4n) is 3.94. The lowest BCUT2D eigenvalue weighted by Crippen LogP contribution is -2.47. The second-order valence-corrected chi connectivity index (χ2v) is 7.63. The number of benzene rings is 1. The third-order valence-corrected chi connectivity index (χ3v) is 5.50. The van der Waals surface area contributed by atoms with Crippen molar-refractivity contribution in [2.45, 2.75) is 38.5 Å². The molecule has 2 heterocycles. The number of anilines is 1. The number of piperidine rings is 2. The van der Waals surface area contributed by atoms with Gasteiger partial charge in [0.05, 0.1) is 5.92 Å². The number of hydrogen-bond acceptors (Lipinski definition) is 3. The molecule has 0 saturated carbocycles. The maximum Gasteiger partial charge on any atom is 0.321 e. The van der Waals surface area contributed by atoms with Crippen molar-refractivity contribution in [1.29, 1.82) is 0 Å². The van der Waals surface area contributed by atoms with E-state index in [0.717, 1.165) is 38.0 Å². The van der Waals surface area contributed by atoms with Crippen LogP contribution in [0.4, 0.5) is 10.5 Å². The van der Waals surface area contributed by atoms with Gasteiger partial charge in [-0.05, 0) is 63.9 Å². The van der Waals surface area contributed by atoms with Gasteiger partial charge < -0.3 is 20.4 Å². The molecule has 148 valence electrons. The van der Waals surface area contributed by atoms with Crippen molar-refractivity contribution >= 4 is 17.6 Å². The van der Waals surface area contributed by atoms with Gasteiger partial charge >= 0.3 is 6.03 Å². The average Bonchev–Trinajstić information content (AvgIpc) is 2.72. The fraction of sp³-hybridized carbons (Fsp3) is 0.619. The number of nitrogens with one attached hydrogen (secondary N) is 2. The van der Waals surface area contributed by atoms with Gasteiger partial charge in [-0.3, -0.25) is 4.79 Å². The van der Waals surface area contributed by atoms with Crippen molar-refractivity contribution < 1.29 is 9.59 Å². The van der Waals surface area contributed by atoms with Crippen LogP contribution in [-0.2, 0) is 4.79 Å². The molecule has 1 unspecified atom stereocenters. The van der Waals surface area contributed by atoms with E-state index in [4.69, 9.17) is 0 Å². The minimum absolute atomic E-state index is 0.0888. The number of hydrogen-bond donors (Lipinski definition) is 2. The van der Waals surface area contributed by atoms with Gasteiger partial charge in [-0.15, -0.1) is 0 Å². The van der Waals surface area contributed by atoms with E-state index in [0.29, 0.717) is 13.1 Å². The molecule has 2 saturated heterocycles. The molecule has 1 aromatic rings. The van der Waals surface area contributed by atoms with E-state index < -0.39 is 0 Å². The van der Waals surface area contributed by atoms with Gasteiger partial charge in [0.1, 0.15) is 0 Å². The monoisotopic (exact) mass is 372 g/mol. The van der Waals surface area contributed by atoms with Gasteiger partial charge in [0.2, 0.25) is 5.91 Å². The van der Waals surface area contributed by atoms with Gasteiger partial charge in [0.25, 0.3) is 0 Å². The first-order valence-electron chi connectivity index (χ1n) is 10.3. The molecule has 0 radical (unpaired) electrons. The van der Waals surface area contributed by atoms with E-state index in [1.807, 2.05) is 30.3 Å². The average molecular weight is 373 g/mol. The highest BCUT2D eigenvalue weighted by Crippen LogP contribution is 2.18. The zero-order valence-electron chi connectivity index (χ0n) is 16.2. The molecular formula is C21H32N4O2. The first-order chi connectivity index (χ1) is 13.2. The molecule has 2 N–H and O–H groups in total. The summed E-state index contributed by atoms with van der Waals surface area (Å²) in [6.07, 6.45) is 6.67. The van der Waals surface area contributed by atoms with Crippen LogP contribution in [-0.4, -0.2) is 61.0 Å². The molecule has 0 bridgehead atoms. The number of rotatable bonds is 6. The van der Waals surface area contributed by atoms with Crippen LogP contribution in [0.1, 0.15) is 38.5 Å². The van der Waals surface area contributed by atoms with Crippen LogP contribution in [0.2, 0.25) is 0 Å². The summed E-state index contributed by atoms with van der Waals surface area (Å²) in [6.45, 7) is 5.39. The topological polar surface area (TPSA) is 64.7 Å². The molecule has 3 rings (SSSR count). The number of carbonyl (C=O) groups is 2. The smallest absolute Gasteiger partial charge is 0.321 e. The Balaban J connectivity index is 1.37. The third kappa shape index (κ3) is 6.24. The summed E-state index contributed by atoms with van der Waals surface area (Å²) < 4.78 is 0. The van der Waals surface area contributed by atoms with Crippen LogP contribution in [0.15, 0.2) is 30.3 Å². The van der Waals surface area contributed by atoms with Crippen molar-refractivity contribution in [2.24, 2.45) is 5.92 Å². The van der Waals surface area contributed by atoms with Crippen LogP contribution in [0.25, 0.3) is 0 Å². The maximum absolute atomic E-state index is 12.5. The van der Waals surface area contributed by atoms with Gasteiger partial charge in [0, 0.05) is 25.3 Å². The molecule has 6 nitrogen and oxygen atoms in total. The molecule has 0 aliphatic carbocycles. The van der Waals surface area contributed by atoms with E-state index in [-0.39, 0.29) is 17.9 Å². The summed E-state index contributed by atoms with van der Waals surface area (Å²) >= 11 is 0. The first-order valence-corrected chi connectivity index (χ1v) is 10.3. The summed E-state index contributed by atoms with van der Waals surface area (Å²) in [5.41, 5.74) is 0.784. The Labute approximate surface area is 162 Å². The summed E-state index contributed by atoms with van der Waals surface area (Å²) in [5.74, 6) is -0.0129. The van der Waals surface area contributed by atoms with Crippen LogP contribution < -0.4 is 10.6 Å². The SMILES string of the molecule is O=C(NCCCN1CCCCC1)C1CCCN(C(=O)Nc2ccccc2)C1. The number of para-hydroxylation sites is 1. The Morgan fingerprint density at radius 2 is 1.78 bits per heavy atom. The normalized spacial score (nSPS) is 20.9. The van der Waals surface area contributed by atoms with E-state index in [1.165, 1.54) is 32.4 Å². The Morgan fingerprint density at radius 3 is 2.56 bits per heavy atom. The first kappa shape index (κ1) is 19.7. The van der Waals surface area contributed by atoms with Crippen LogP contribution in [0.3, 0.4) is 0 Å². The molecular weight excluding hydrogens is 340 g/mol. The van der Waals surface area contributed by atoms with Gasteiger partial charge in [-0.1, -0.05) is 24.6 Å². The lowest BCUT2D eigenvalue weighted by molar-refractivity contribution is -0.126. The van der Waals surface area contributed by atoms with Crippen molar-refractivity contribution in [3.8, 4) is 0 Å². The van der Waals surface area contributed by atoms with Crippen molar-refractivity contribution in [3.63, 3.8) is 0 Å². The van der Waals surface area contributed by atoms with Gasteiger partial charge in [0.15, 0.2) is 0 Å². The molecule has 0 spiro atoms. The van der Waals surface area contributed by atoms with E-state index in [1.54, 1.807) is 4.90 Å². The number of likely N-dealkylation sites (tertiary alicyclic amines) is 2. The summed E-state index contributed by atoms with van der Waals surface area (Å²) in [6, 6.07) is 9.33. The van der Waals surface area contributed by atoms with Crippen molar-refractivity contribution in [2.75, 3.05) is 44.6 Å². The van der Waals surface area contributed by atoms with E-state index in [9.17, 15) is 9.59 Å².